The van der Waals surface area contributed by atoms with E-state index in [0.717, 1.165) is 19.4 Å². The van der Waals surface area contributed by atoms with Gasteiger partial charge in [-0.25, -0.2) is 0 Å². The highest BCUT2D eigenvalue weighted by molar-refractivity contribution is 7.99. The van der Waals surface area contributed by atoms with Gasteiger partial charge in [0.2, 0.25) is 0 Å². The van der Waals surface area contributed by atoms with Crippen molar-refractivity contribution in [1.29, 1.82) is 0 Å². The lowest BCUT2D eigenvalue weighted by molar-refractivity contribution is -0.203. The summed E-state index contributed by atoms with van der Waals surface area (Å²) in [5.74, 6) is 0. The fraction of sp³-hybridized carbons (Fsp3) is 1.00. The van der Waals surface area contributed by atoms with Gasteiger partial charge in [0, 0.05) is 6.04 Å². The first-order chi connectivity index (χ1) is 7.65. The van der Waals surface area contributed by atoms with Crippen LogP contribution >= 0.6 is 11.8 Å². The Labute approximate surface area is 99.2 Å². The van der Waals surface area contributed by atoms with Gasteiger partial charge in [-0.15, -0.1) is 11.8 Å². The fourth-order valence-corrected chi connectivity index (χ4v) is 3.07. The maximum absolute atomic E-state index is 9.90. The molecule has 16 heavy (non-hydrogen) atoms. The van der Waals surface area contributed by atoms with Gasteiger partial charge >= 0.3 is 0 Å². The predicted molar refractivity (Wildman–Crippen MR) is 61.2 cm³/mol. The molecule has 0 aliphatic carbocycles. The molecule has 0 aromatic carbocycles. The van der Waals surface area contributed by atoms with Crippen LogP contribution in [0, 0.1) is 0 Å². The number of hydrogen-bond donors (Lipinski definition) is 4. The molecule has 0 aromatic rings. The van der Waals surface area contributed by atoms with Crippen LogP contribution in [-0.4, -0.2) is 64.0 Å². The molecule has 0 spiro atoms. The van der Waals surface area contributed by atoms with Crippen molar-refractivity contribution in [3.8, 4) is 0 Å². The molecule has 2 heterocycles. The zero-order valence-electron chi connectivity index (χ0n) is 9.24. The van der Waals surface area contributed by atoms with Crippen molar-refractivity contribution < 1.29 is 20.1 Å². The van der Waals surface area contributed by atoms with Crippen LogP contribution in [0.15, 0.2) is 0 Å². The van der Waals surface area contributed by atoms with Crippen molar-refractivity contribution in [1.82, 2.24) is 5.32 Å². The summed E-state index contributed by atoms with van der Waals surface area (Å²) < 4.78 is 5.65. The lowest BCUT2D eigenvalue weighted by atomic mass is 9.94. The first kappa shape index (κ1) is 12.6. The molecule has 6 atom stereocenters. The van der Waals surface area contributed by atoms with Crippen LogP contribution < -0.4 is 5.32 Å². The number of aliphatic hydroxyl groups is 3. The second kappa shape index (κ2) is 5.20. The average molecular weight is 249 g/mol. The average Bonchev–Trinajstić information content (AvgIpc) is 2.80. The van der Waals surface area contributed by atoms with Crippen LogP contribution in [0.3, 0.4) is 0 Å². The molecule has 6 heteroatoms. The summed E-state index contributed by atoms with van der Waals surface area (Å²) in [4.78, 5) is 0. The number of ether oxygens (including phenoxy) is 1. The lowest BCUT2D eigenvalue weighted by Crippen LogP contribution is -2.61. The topological polar surface area (TPSA) is 82.0 Å². The van der Waals surface area contributed by atoms with Crippen molar-refractivity contribution >= 4 is 11.8 Å². The van der Waals surface area contributed by atoms with Crippen molar-refractivity contribution in [2.45, 2.75) is 48.7 Å². The Bertz CT molecular complexity index is 235. The summed E-state index contributed by atoms with van der Waals surface area (Å²) in [7, 11) is 0. The third-order valence-electron chi connectivity index (χ3n) is 3.33. The van der Waals surface area contributed by atoms with E-state index in [1.165, 1.54) is 11.8 Å². The van der Waals surface area contributed by atoms with Crippen molar-refractivity contribution in [3.63, 3.8) is 0 Å². The van der Waals surface area contributed by atoms with Crippen LogP contribution in [0.1, 0.15) is 12.8 Å². The van der Waals surface area contributed by atoms with E-state index in [0.29, 0.717) is 0 Å². The molecule has 2 saturated heterocycles. The van der Waals surface area contributed by atoms with Crippen LogP contribution in [0.4, 0.5) is 0 Å². The second-order valence-electron chi connectivity index (χ2n) is 4.38. The summed E-state index contributed by atoms with van der Waals surface area (Å²) in [6.07, 6.45) is 0.205. The number of thioether (sulfide) groups is 1. The Morgan fingerprint density at radius 1 is 1.19 bits per heavy atom. The highest BCUT2D eigenvalue weighted by Gasteiger charge is 2.46. The van der Waals surface area contributed by atoms with E-state index in [4.69, 9.17) is 4.74 Å². The van der Waals surface area contributed by atoms with E-state index >= 15 is 0 Å². The Kier molecular flexibility index (Phi) is 4.10. The molecule has 0 aromatic heterocycles. The van der Waals surface area contributed by atoms with Gasteiger partial charge in [-0.2, -0.15) is 0 Å². The number of hydrogen-bond acceptors (Lipinski definition) is 6. The van der Waals surface area contributed by atoms with Gasteiger partial charge in [-0.05, 0) is 25.6 Å². The molecule has 5 nitrogen and oxygen atoms in total. The third-order valence-corrected chi connectivity index (χ3v) is 4.19. The first-order valence-electron chi connectivity index (χ1n) is 5.61. The minimum atomic E-state index is -1.13. The first-order valence-corrected chi connectivity index (χ1v) is 6.89. The zero-order valence-corrected chi connectivity index (χ0v) is 10.1. The van der Waals surface area contributed by atoms with Gasteiger partial charge in [-0.3, -0.25) is 0 Å². The molecule has 0 saturated carbocycles. The lowest BCUT2D eigenvalue weighted by Gasteiger charge is -2.42. The van der Waals surface area contributed by atoms with Crippen molar-refractivity contribution in [2.75, 3.05) is 12.8 Å². The van der Waals surface area contributed by atoms with Crippen LogP contribution in [-0.2, 0) is 4.74 Å². The molecule has 0 amide bonds. The molecule has 4 N–H and O–H groups in total. The Morgan fingerprint density at radius 2 is 1.94 bits per heavy atom. The number of rotatable bonds is 2. The molecule has 94 valence electrons. The molecular formula is C10H19NO4S. The van der Waals surface area contributed by atoms with Crippen molar-refractivity contribution in [2.24, 2.45) is 0 Å². The van der Waals surface area contributed by atoms with Gasteiger partial charge in [0.15, 0.2) is 0 Å². The third kappa shape index (κ3) is 2.23. The van der Waals surface area contributed by atoms with E-state index in [-0.39, 0.29) is 6.04 Å². The molecule has 2 fully saturated rings. The molecule has 2 aliphatic heterocycles. The smallest absolute Gasteiger partial charge is 0.132 e. The highest BCUT2D eigenvalue weighted by Crippen LogP contribution is 2.30. The predicted octanol–water partition coefficient (Wildman–Crippen LogP) is -1.09. The largest absolute Gasteiger partial charge is 0.388 e. The molecular weight excluding hydrogens is 230 g/mol. The van der Waals surface area contributed by atoms with Crippen LogP contribution in [0.5, 0.6) is 0 Å². The highest BCUT2D eigenvalue weighted by atomic mass is 32.2. The number of aliphatic hydroxyl groups excluding tert-OH is 3. The summed E-state index contributed by atoms with van der Waals surface area (Å²) in [5.41, 5.74) is -0.467. The van der Waals surface area contributed by atoms with E-state index < -0.39 is 29.9 Å². The Balaban J connectivity index is 2.06. The van der Waals surface area contributed by atoms with Gasteiger partial charge < -0.3 is 25.4 Å². The quantitative estimate of drug-likeness (QED) is 0.498. The summed E-state index contributed by atoms with van der Waals surface area (Å²) in [5, 5.41) is 32.6. The minimum Gasteiger partial charge on any atom is -0.388 e. The van der Waals surface area contributed by atoms with E-state index in [9.17, 15) is 15.3 Å². The molecule has 0 radical (unpaired) electrons. The molecule has 2 aliphatic rings. The SMILES string of the molecule is CSC1O[C@H]([C@H]2CCCN2)C(O)[C@@H](O)[C@H]1O. The maximum atomic E-state index is 9.90. The van der Waals surface area contributed by atoms with E-state index in [2.05, 4.69) is 5.32 Å². The van der Waals surface area contributed by atoms with Gasteiger partial charge in [0.1, 0.15) is 29.9 Å². The summed E-state index contributed by atoms with van der Waals surface area (Å²) in [6, 6.07) is 0.0757. The normalized spacial score (nSPS) is 49.5. The maximum Gasteiger partial charge on any atom is 0.132 e. The van der Waals surface area contributed by atoms with Crippen LogP contribution in [0.25, 0.3) is 0 Å². The summed E-state index contributed by atoms with van der Waals surface area (Å²) in [6.45, 7) is 0.916. The van der Waals surface area contributed by atoms with Crippen LogP contribution in [0.2, 0.25) is 0 Å². The second-order valence-corrected chi connectivity index (χ2v) is 5.32. The standard InChI is InChI=1S/C10H19NO4S/c1-16-10-8(14)6(12)7(13)9(15-10)5-3-2-4-11-5/h5-14H,2-4H2,1H3/t5-,6-,7?,8-,9-,10?/m1/s1. The Hall–Kier alpha value is 0.150. The van der Waals surface area contributed by atoms with E-state index in [1.54, 1.807) is 0 Å². The Morgan fingerprint density at radius 3 is 2.50 bits per heavy atom. The monoisotopic (exact) mass is 249 g/mol. The zero-order chi connectivity index (χ0) is 11.7. The van der Waals surface area contributed by atoms with Gasteiger partial charge in [0.05, 0.1) is 0 Å². The van der Waals surface area contributed by atoms with Gasteiger partial charge in [-0.1, -0.05) is 0 Å². The number of nitrogens with one attached hydrogen (secondary N) is 1. The van der Waals surface area contributed by atoms with Gasteiger partial charge in [0.25, 0.3) is 0 Å². The molecule has 0 bridgehead atoms. The van der Waals surface area contributed by atoms with Crippen molar-refractivity contribution in [3.05, 3.63) is 0 Å². The molecule has 2 rings (SSSR count). The summed E-state index contributed by atoms with van der Waals surface area (Å²) >= 11 is 1.35. The fourth-order valence-electron chi connectivity index (χ4n) is 2.39. The van der Waals surface area contributed by atoms with E-state index in [1.807, 2.05) is 6.26 Å². The molecule has 2 unspecified atom stereocenters. The minimum absolute atomic E-state index is 0.0757.